The second-order valence-corrected chi connectivity index (χ2v) is 4.01. The predicted molar refractivity (Wildman–Crippen MR) is 66.9 cm³/mol. The molecule has 0 saturated carbocycles. The summed E-state index contributed by atoms with van der Waals surface area (Å²) in [5.74, 6) is -0.297. The molecule has 0 amide bonds. The standard InChI is InChI=1S/C13H15NO5/c1-3-18-13(15)12-11(8-14(16)19-12)9-4-6-10(17-2)7-5-9/h4-8,11-12H,3H2,1-2H3. The van der Waals surface area contributed by atoms with E-state index in [4.69, 9.17) is 14.3 Å². The van der Waals surface area contributed by atoms with Gasteiger partial charge >= 0.3 is 5.97 Å². The normalized spacial score (nSPS) is 21.5. The van der Waals surface area contributed by atoms with Crippen molar-refractivity contribution in [3.63, 3.8) is 0 Å². The first-order valence-electron chi connectivity index (χ1n) is 5.94. The molecular weight excluding hydrogens is 250 g/mol. The number of ether oxygens (including phenoxy) is 2. The van der Waals surface area contributed by atoms with Gasteiger partial charge in [-0.1, -0.05) is 12.1 Å². The average Bonchev–Trinajstić information content (AvgIpc) is 2.81. The van der Waals surface area contributed by atoms with E-state index in [1.165, 1.54) is 6.21 Å². The Morgan fingerprint density at radius 1 is 1.42 bits per heavy atom. The molecule has 0 spiro atoms. The molecule has 1 heterocycles. The molecule has 19 heavy (non-hydrogen) atoms. The number of benzene rings is 1. The van der Waals surface area contributed by atoms with Crippen molar-refractivity contribution >= 4 is 12.2 Å². The maximum atomic E-state index is 11.7. The second-order valence-electron chi connectivity index (χ2n) is 4.01. The second kappa shape index (κ2) is 5.60. The van der Waals surface area contributed by atoms with E-state index in [9.17, 15) is 10.0 Å². The summed E-state index contributed by atoms with van der Waals surface area (Å²) in [7, 11) is 1.57. The number of carbonyl (C=O) groups is 1. The van der Waals surface area contributed by atoms with Gasteiger partial charge in [-0.25, -0.2) is 0 Å². The van der Waals surface area contributed by atoms with E-state index >= 15 is 0 Å². The Morgan fingerprint density at radius 2 is 2.11 bits per heavy atom. The fourth-order valence-corrected chi connectivity index (χ4v) is 1.92. The van der Waals surface area contributed by atoms with Crippen molar-refractivity contribution in [2.75, 3.05) is 13.7 Å². The van der Waals surface area contributed by atoms with Crippen LogP contribution in [0.5, 0.6) is 5.75 Å². The van der Waals surface area contributed by atoms with Crippen LogP contribution >= 0.6 is 0 Å². The minimum Gasteiger partial charge on any atom is -0.497 e. The van der Waals surface area contributed by atoms with Crippen molar-refractivity contribution in [1.29, 1.82) is 0 Å². The van der Waals surface area contributed by atoms with Crippen LogP contribution in [-0.2, 0) is 14.4 Å². The van der Waals surface area contributed by atoms with Crippen LogP contribution < -0.4 is 4.74 Å². The van der Waals surface area contributed by atoms with Crippen molar-refractivity contribution in [3.8, 4) is 5.75 Å². The summed E-state index contributed by atoms with van der Waals surface area (Å²) < 4.78 is 9.96. The Morgan fingerprint density at radius 3 is 2.68 bits per heavy atom. The quantitative estimate of drug-likeness (QED) is 0.605. The molecule has 0 N–H and O–H groups in total. The molecule has 0 bridgehead atoms. The van der Waals surface area contributed by atoms with Crippen LogP contribution in [0.25, 0.3) is 0 Å². The Bertz CT molecular complexity index is 482. The fraction of sp³-hybridized carbons (Fsp3) is 0.385. The molecule has 1 aromatic rings. The number of rotatable bonds is 4. The Balaban J connectivity index is 2.21. The first-order valence-corrected chi connectivity index (χ1v) is 5.94. The molecule has 0 aliphatic carbocycles. The molecule has 1 aromatic carbocycles. The molecule has 0 radical (unpaired) electrons. The highest BCUT2D eigenvalue weighted by molar-refractivity contribution is 5.83. The summed E-state index contributed by atoms with van der Waals surface area (Å²) in [4.78, 5) is 17.0. The monoisotopic (exact) mass is 265 g/mol. The van der Waals surface area contributed by atoms with Crippen LogP contribution in [0.2, 0.25) is 0 Å². The van der Waals surface area contributed by atoms with Gasteiger partial charge in [0.05, 0.1) is 19.6 Å². The highest BCUT2D eigenvalue weighted by Crippen LogP contribution is 2.27. The first-order chi connectivity index (χ1) is 9.15. The van der Waals surface area contributed by atoms with E-state index in [2.05, 4.69) is 0 Å². The lowest BCUT2D eigenvalue weighted by Gasteiger charge is -2.16. The fourth-order valence-electron chi connectivity index (χ4n) is 1.92. The van der Waals surface area contributed by atoms with Crippen molar-refractivity contribution in [2.24, 2.45) is 0 Å². The molecule has 1 aliphatic heterocycles. The minimum absolute atomic E-state index is 0.243. The van der Waals surface area contributed by atoms with E-state index in [1.54, 1.807) is 38.3 Å². The van der Waals surface area contributed by atoms with Crippen molar-refractivity contribution in [1.82, 2.24) is 0 Å². The van der Waals surface area contributed by atoms with Gasteiger partial charge in [0, 0.05) is 4.90 Å². The maximum Gasteiger partial charge on any atom is 0.326 e. The Hall–Kier alpha value is -2.24. The van der Waals surface area contributed by atoms with E-state index in [0.717, 1.165) is 5.56 Å². The molecule has 2 rings (SSSR count). The number of esters is 1. The van der Waals surface area contributed by atoms with Gasteiger partial charge in [-0.2, -0.15) is 0 Å². The van der Waals surface area contributed by atoms with Gasteiger partial charge in [0.15, 0.2) is 6.10 Å². The lowest BCUT2D eigenvalue weighted by atomic mass is 9.95. The maximum absolute atomic E-state index is 11.7. The first kappa shape index (κ1) is 13.2. The number of nitrogens with zero attached hydrogens (tertiary/aromatic N) is 1. The van der Waals surface area contributed by atoms with E-state index in [-0.39, 0.29) is 6.61 Å². The lowest BCUT2D eigenvalue weighted by molar-refractivity contribution is -0.734. The zero-order valence-electron chi connectivity index (χ0n) is 10.7. The Kier molecular flexibility index (Phi) is 3.89. The minimum atomic E-state index is -0.939. The SMILES string of the molecule is CCOC(=O)C1O[N+]([O-])=CC1c1ccc(OC)cc1. The number of carbonyl (C=O) groups excluding carboxylic acids is 1. The average molecular weight is 265 g/mol. The topological polar surface area (TPSA) is 70.8 Å². The molecular formula is C13H15NO5. The van der Waals surface area contributed by atoms with Crippen molar-refractivity contribution in [2.45, 2.75) is 18.9 Å². The number of methoxy groups -OCH3 is 1. The molecule has 1 aliphatic rings. The van der Waals surface area contributed by atoms with E-state index < -0.39 is 18.0 Å². The zero-order valence-corrected chi connectivity index (χ0v) is 10.7. The van der Waals surface area contributed by atoms with E-state index in [1.807, 2.05) is 0 Å². The molecule has 6 nitrogen and oxygen atoms in total. The van der Waals surface area contributed by atoms with Gasteiger partial charge < -0.3 is 14.3 Å². The van der Waals surface area contributed by atoms with Gasteiger partial charge in [-0.15, -0.1) is 0 Å². The van der Waals surface area contributed by atoms with Crippen LogP contribution in [0.1, 0.15) is 18.4 Å². The summed E-state index contributed by atoms with van der Waals surface area (Å²) in [5, 5.41) is 11.3. The third-order valence-electron chi connectivity index (χ3n) is 2.85. The summed E-state index contributed by atoms with van der Waals surface area (Å²) in [6.07, 6.45) is 0.370. The van der Waals surface area contributed by atoms with Crippen LogP contribution in [0.3, 0.4) is 0 Å². The third-order valence-corrected chi connectivity index (χ3v) is 2.85. The van der Waals surface area contributed by atoms with Crippen LogP contribution in [0.15, 0.2) is 24.3 Å². The van der Waals surface area contributed by atoms with Crippen molar-refractivity contribution in [3.05, 3.63) is 35.0 Å². The molecule has 0 fully saturated rings. The highest BCUT2D eigenvalue weighted by Gasteiger charge is 2.38. The Labute approximate surface area is 110 Å². The molecule has 6 heteroatoms. The molecule has 0 aromatic heterocycles. The predicted octanol–water partition coefficient (Wildman–Crippen LogP) is 1.24. The van der Waals surface area contributed by atoms with Crippen LogP contribution in [-0.4, -0.2) is 36.9 Å². The van der Waals surface area contributed by atoms with Gasteiger partial charge in [-0.05, 0) is 24.6 Å². The van der Waals surface area contributed by atoms with E-state index in [0.29, 0.717) is 10.7 Å². The van der Waals surface area contributed by atoms with Gasteiger partial charge in [0.1, 0.15) is 5.75 Å². The van der Waals surface area contributed by atoms with Crippen molar-refractivity contribution < 1.29 is 24.0 Å². The van der Waals surface area contributed by atoms with Gasteiger partial charge in [0.2, 0.25) is 6.21 Å². The molecule has 102 valence electrons. The van der Waals surface area contributed by atoms with Crippen LogP contribution in [0.4, 0.5) is 0 Å². The summed E-state index contributed by atoms with van der Waals surface area (Å²) in [6.45, 7) is 1.95. The summed E-state index contributed by atoms with van der Waals surface area (Å²) in [6, 6.07) is 7.10. The van der Waals surface area contributed by atoms with Gasteiger partial charge in [0.25, 0.3) is 0 Å². The summed E-state index contributed by atoms with van der Waals surface area (Å²) >= 11 is 0. The highest BCUT2D eigenvalue weighted by atomic mass is 16.9. The summed E-state index contributed by atoms with van der Waals surface area (Å²) in [5.41, 5.74) is 0.789. The zero-order chi connectivity index (χ0) is 13.8. The molecule has 0 saturated heterocycles. The lowest BCUT2D eigenvalue weighted by Crippen LogP contribution is -2.29. The smallest absolute Gasteiger partial charge is 0.326 e. The molecule has 2 atom stereocenters. The van der Waals surface area contributed by atoms with Gasteiger partial charge in [-0.3, -0.25) is 10.0 Å². The largest absolute Gasteiger partial charge is 0.497 e. The number of hydrogen-bond acceptors (Lipinski definition) is 5. The molecule has 2 unspecified atom stereocenters. The van der Waals surface area contributed by atoms with Crippen LogP contribution in [0, 0.1) is 5.21 Å². The third kappa shape index (κ3) is 2.78. The number of hydrogen-bond donors (Lipinski definition) is 0.